The van der Waals surface area contributed by atoms with Crippen LogP contribution in [-0.2, 0) is 17.9 Å². The summed E-state index contributed by atoms with van der Waals surface area (Å²) >= 11 is 0. The van der Waals surface area contributed by atoms with Gasteiger partial charge in [0.25, 0.3) is 0 Å². The molecule has 3 N–H and O–H groups in total. The van der Waals surface area contributed by atoms with Crippen molar-refractivity contribution in [2.45, 2.75) is 32.9 Å². The molecule has 24 heavy (non-hydrogen) atoms. The predicted octanol–water partition coefficient (Wildman–Crippen LogP) is 1.08. The smallest absolute Gasteiger partial charge is 0.240 e. The highest BCUT2D eigenvalue weighted by Gasteiger charge is 2.27. The van der Waals surface area contributed by atoms with Crippen LogP contribution in [0, 0.1) is 12.8 Å². The van der Waals surface area contributed by atoms with E-state index in [2.05, 4.69) is 25.3 Å². The van der Waals surface area contributed by atoms with E-state index in [9.17, 15) is 4.79 Å². The maximum Gasteiger partial charge on any atom is 0.240 e. The number of hydrogen-bond acceptors (Lipinski definition) is 7. The van der Waals surface area contributed by atoms with E-state index < -0.39 is 0 Å². The summed E-state index contributed by atoms with van der Waals surface area (Å²) in [4.78, 5) is 23.2. The Morgan fingerprint density at radius 2 is 2.33 bits per heavy atom. The molecular formula is C16H22N6O2. The zero-order valence-electron chi connectivity index (χ0n) is 13.7. The first-order chi connectivity index (χ1) is 11.6. The Morgan fingerprint density at radius 3 is 3.08 bits per heavy atom. The first-order valence-corrected chi connectivity index (χ1v) is 8.12. The van der Waals surface area contributed by atoms with Crippen LogP contribution in [-0.4, -0.2) is 39.0 Å². The lowest BCUT2D eigenvalue weighted by molar-refractivity contribution is -0.121. The van der Waals surface area contributed by atoms with Crippen LogP contribution in [0.25, 0.3) is 0 Å². The lowest BCUT2D eigenvalue weighted by atomic mass is 9.97. The first kappa shape index (κ1) is 16.5. The van der Waals surface area contributed by atoms with E-state index in [1.807, 2.05) is 19.1 Å². The summed E-state index contributed by atoms with van der Waals surface area (Å²) in [5, 5.41) is 6.82. The molecule has 3 heterocycles. The van der Waals surface area contributed by atoms with Gasteiger partial charge in [-0.25, -0.2) is 4.98 Å². The molecule has 0 spiro atoms. The van der Waals surface area contributed by atoms with Gasteiger partial charge in [-0.3, -0.25) is 9.69 Å². The van der Waals surface area contributed by atoms with Crippen LogP contribution in [0.4, 0.5) is 5.82 Å². The second kappa shape index (κ2) is 7.50. The van der Waals surface area contributed by atoms with E-state index in [-0.39, 0.29) is 18.4 Å². The maximum absolute atomic E-state index is 12.5. The minimum absolute atomic E-state index is 0.00793. The van der Waals surface area contributed by atoms with Crippen LogP contribution in [0.5, 0.6) is 0 Å². The van der Waals surface area contributed by atoms with Crippen molar-refractivity contribution in [3.8, 4) is 0 Å². The molecule has 0 saturated carbocycles. The Kier molecular flexibility index (Phi) is 5.17. The number of nitrogens with one attached hydrogen (secondary N) is 1. The minimum atomic E-state index is -0.0676. The summed E-state index contributed by atoms with van der Waals surface area (Å²) in [6.07, 6.45) is 1.83. The average molecular weight is 330 g/mol. The van der Waals surface area contributed by atoms with Gasteiger partial charge in [0, 0.05) is 12.2 Å². The summed E-state index contributed by atoms with van der Waals surface area (Å²) in [5.74, 6) is 1.58. The van der Waals surface area contributed by atoms with Crippen molar-refractivity contribution in [3.63, 3.8) is 0 Å². The maximum atomic E-state index is 12.5. The number of pyridine rings is 1. The fourth-order valence-electron chi connectivity index (χ4n) is 2.89. The van der Waals surface area contributed by atoms with E-state index in [0.717, 1.165) is 25.1 Å². The van der Waals surface area contributed by atoms with Crippen LogP contribution in [0.1, 0.15) is 30.3 Å². The largest absolute Gasteiger partial charge is 0.338 e. The van der Waals surface area contributed by atoms with Gasteiger partial charge in [-0.1, -0.05) is 11.2 Å². The topological polar surface area (TPSA) is 110 Å². The second-order valence-corrected chi connectivity index (χ2v) is 6.04. The summed E-state index contributed by atoms with van der Waals surface area (Å²) in [6.45, 7) is 4.29. The molecule has 1 aliphatic rings. The third kappa shape index (κ3) is 4.15. The molecule has 8 heteroatoms. The van der Waals surface area contributed by atoms with Gasteiger partial charge in [-0.2, -0.15) is 4.98 Å². The molecule has 2 aromatic rings. The molecule has 2 aromatic heterocycles. The van der Waals surface area contributed by atoms with E-state index in [1.54, 1.807) is 6.07 Å². The molecule has 1 unspecified atom stereocenters. The van der Waals surface area contributed by atoms with Gasteiger partial charge in [0.05, 0.1) is 19.0 Å². The molecule has 0 radical (unpaired) electrons. The van der Waals surface area contributed by atoms with Crippen molar-refractivity contribution in [1.29, 1.82) is 0 Å². The standard InChI is InChI=1S/C16H22N6O2/c1-11-4-2-6-13(18-11)20-16(23)12-5-3-7-22(9-12)10-14-19-15(8-17)24-21-14/h2,4,6,12H,3,5,7-10,17H2,1H3,(H,18,20,23). The number of hydrogen-bond donors (Lipinski definition) is 2. The van der Waals surface area contributed by atoms with Crippen molar-refractivity contribution < 1.29 is 9.32 Å². The van der Waals surface area contributed by atoms with Crippen LogP contribution in [0.3, 0.4) is 0 Å². The Morgan fingerprint density at radius 1 is 1.46 bits per heavy atom. The minimum Gasteiger partial charge on any atom is -0.338 e. The second-order valence-electron chi connectivity index (χ2n) is 6.04. The Balaban J connectivity index is 1.57. The number of anilines is 1. The molecule has 0 aromatic carbocycles. The number of carbonyl (C=O) groups excluding carboxylic acids is 1. The number of aryl methyl sites for hydroxylation is 1. The van der Waals surface area contributed by atoms with Gasteiger partial charge < -0.3 is 15.6 Å². The molecule has 1 atom stereocenters. The van der Waals surface area contributed by atoms with Crippen LogP contribution < -0.4 is 11.1 Å². The Bertz CT molecular complexity index is 701. The van der Waals surface area contributed by atoms with Crippen molar-refractivity contribution in [1.82, 2.24) is 20.0 Å². The monoisotopic (exact) mass is 330 g/mol. The fourth-order valence-corrected chi connectivity index (χ4v) is 2.89. The lowest BCUT2D eigenvalue weighted by Crippen LogP contribution is -2.40. The normalized spacial score (nSPS) is 18.5. The molecule has 1 fully saturated rings. The van der Waals surface area contributed by atoms with Gasteiger partial charge >= 0.3 is 0 Å². The highest BCUT2D eigenvalue weighted by atomic mass is 16.5. The zero-order valence-corrected chi connectivity index (χ0v) is 13.7. The quantitative estimate of drug-likeness (QED) is 0.844. The number of nitrogens with zero attached hydrogens (tertiary/aromatic N) is 4. The van der Waals surface area contributed by atoms with Gasteiger partial charge in [-0.15, -0.1) is 0 Å². The number of nitrogens with two attached hydrogens (primary N) is 1. The van der Waals surface area contributed by atoms with Gasteiger partial charge in [0.15, 0.2) is 5.82 Å². The Labute approximate surface area is 140 Å². The van der Waals surface area contributed by atoms with Crippen molar-refractivity contribution in [3.05, 3.63) is 35.6 Å². The molecule has 0 aliphatic carbocycles. The first-order valence-electron chi connectivity index (χ1n) is 8.12. The summed E-state index contributed by atoms with van der Waals surface area (Å²) in [7, 11) is 0. The van der Waals surface area contributed by atoms with Crippen LogP contribution in [0.15, 0.2) is 22.7 Å². The number of piperidine rings is 1. The van der Waals surface area contributed by atoms with Crippen molar-refractivity contribution in [2.24, 2.45) is 11.7 Å². The fraction of sp³-hybridized carbons (Fsp3) is 0.500. The number of rotatable bonds is 5. The average Bonchev–Trinajstić information content (AvgIpc) is 3.03. The SMILES string of the molecule is Cc1cccc(NC(=O)C2CCCN(Cc3noc(CN)n3)C2)n1. The third-order valence-corrected chi connectivity index (χ3v) is 4.07. The van der Waals surface area contributed by atoms with E-state index in [1.165, 1.54) is 0 Å². The molecule has 3 rings (SSSR count). The molecule has 1 aliphatic heterocycles. The number of likely N-dealkylation sites (tertiary alicyclic amines) is 1. The predicted molar refractivity (Wildman–Crippen MR) is 87.8 cm³/mol. The van der Waals surface area contributed by atoms with Gasteiger partial charge in [0.2, 0.25) is 11.8 Å². The molecule has 1 saturated heterocycles. The molecule has 1 amide bonds. The van der Waals surface area contributed by atoms with E-state index in [0.29, 0.717) is 30.6 Å². The third-order valence-electron chi connectivity index (χ3n) is 4.07. The van der Waals surface area contributed by atoms with E-state index in [4.69, 9.17) is 10.3 Å². The zero-order chi connectivity index (χ0) is 16.9. The van der Waals surface area contributed by atoms with Gasteiger partial charge in [-0.05, 0) is 38.4 Å². The number of carbonyl (C=O) groups is 1. The highest BCUT2D eigenvalue weighted by Crippen LogP contribution is 2.19. The van der Waals surface area contributed by atoms with Crippen LogP contribution in [0.2, 0.25) is 0 Å². The van der Waals surface area contributed by atoms with Gasteiger partial charge in [0.1, 0.15) is 5.82 Å². The summed E-state index contributed by atoms with van der Waals surface area (Å²) < 4.78 is 5.02. The summed E-state index contributed by atoms with van der Waals surface area (Å²) in [6, 6.07) is 5.59. The van der Waals surface area contributed by atoms with Crippen LogP contribution >= 0.6 is 0 Å². The van der Waals surface area contributed by atoms with E-state index >= 15 is 0 Å². The number of aromatic nitrogens is 3. The molecular weight excluding hydrogens is 308 g/mol. The molecule has 128 valence electrons. The number of amides is 1. The summed E-state index contributed by atoms with van der Waals surface area (Å²) in [5.41, 5.74) is 6.35. The Hall–Kier alpha value is -2.32. The van der Waals surface area contributed by atoms with Crippen molar-refractivity contribution in [2.75, 3.05) is 18.4 Å². The highest BCUT2D eigenvalue weighted by molar-refractivity contribution is 5.91. The molecule has 8 nitrogen and oxygen atoms in total. The molecule has 0 bridgehead atoms. The van der Waals surface area contributed by atoms with Crippen molar-refractivity contribution >= 4 is 11.7 Å². The lowest BCUT2D eigenvalue weighted by Gasteiger charge is -2.30.